The zero-order chi connectivity index (χ0) is 19.1. The van der Waals surface area contributed by atoms with Crippen LogP contribution in [-0.4, -0.2) is 35.5 Å². The number of sulfonamides is 1. The maximum atomic E-state index is 12.9. The SMILES string of the molecule is CC1CCCCN1S(=O)(=O)c1ccc(-c2nc(C3(N)CCCC3)no2)cc1.Cl. The maximum absolute atomic E-state index is 12.9. The second kappa shape index (κ2) is 8.10. The van der Waals surface area contributed by atoms with E-state index in [2.05, 4.69) is 10.1 Å². The Hall–Kier alpha value is -1.48. The van der Waals surface area contributed by atoms with Crippen LogP contribution in [0.2, 0.25) is 0 Å². The molecule has 1 aromatic heterocycles. The van der Waals surface area contributed by atoms with Crippen molar-refractivity contribution in [1.82, 2.24) is 14.4 Å². The molecule has 1 saturated carbocycles. The molecule has 4 rings (SSSR count). The van der Waals surface area contributed by atoms with Crippen LogP contribution in [0, 0.1) is 0 Å². The summed E-state index contributed by atoms with van der Waals surface area (Å²) in [4.78, 5) is 4.76. The summed E-state index contributed by atoms with van der Waals surface area (Å²) in [6, 6.07) is 6.70. The first kappa shape index (κ1) is 21.2. The zero-order valence-electron chi connectivity index (χ0n) is 16.0. The molecule has 2 aromatic rings. The molecule has 2 N–H and O–H groups in total. The highest BCUT2D eigenvalue weighted by molar-refractivity contribution is 7.89. The summed E-state index contributed by atoms with van der Waals surface area (Å²) in [7, 11) is -3.48. The first-order chi connectivity index (χ1) is 12.9. The number of hydrogen-bond donors (Lipinski definition) is 1. The van der Waals surface area contributed by atoms with Gasteiger partial charge in [-0.2, -0.15) is 9.29 Å². The van der Waals surface area contributed by atoms with Gasteiger partial charge in [0.25, 0.3) is 5.89 Å². The molecule has 2 fully saturated rings. The molecule has 1 aliphatic carbocycles. The molecule has 1 atom stereocenters. The fraction of sp³-hybridized carbons (Fsp3) is 0.579. The van der Waals surface area contributed by atoms with Crippen molar-refractivity contribution < 1.29 is 12.9 Å². The molecule has 0 radical (unpaired) electrons. The normalized spacial score (nSPS) is 22.7. The minimum atomic E-state index is -3.48. The van der Waals surface area contributed by atoms with E-state index in [1.54, 1.807) is 28.6 Å². The van der Waals surface area contributed by atoms with E-state index in [0.717, 1.165) is 44.9 Å². The highest BCUT2D eigenvalue weighted by Crippen LogP contribution is 2.35. The Morgan fingerprint density at radius 2 is 1.82 bits per heavy atom. The standard InChI is InChI=1S/C19H26N4O3S.ClH/c1-14-6-2-5-13-23(14)27(24,25)16-9-7-15(8-10-16)17-21-18(22-26-17)19(20)11-3-4-12-19;/h7-10,14H,2-6,11-13,20H2,1H3;1H. The van der Waals surface area contributed by atoms with Gasteiger partial charge in [0.1, 0.15) is 0 Å². The van der Waals surface area contributed by atoms with E-state index in [1.807, 2.05) is 6.92 Å². The predicted octanol–water partition coefficient (Wildman–Crippen LogP) is 3.45. The van der Waals surface area contributed by atoms with Crippen LogP contribution in [0.25, 0.3) is 11.5 Å². The molecule has 7 nitrogen and oxygen atoms in total. The van der Waals surface area contributed by atoms with E-state index in [9.17, 15) is 8.42 Å². The Labute approximate surface area is 172 Å². The minimum absolute atomic E-state index is 0. The number of nitrogens with two attached hydrogens (primary N) is 1. The monoisotopic (exact) mass is 426 g/mol. The fourth-order valence-corrected chi connectivity index (χ4v) is 5.81. The lowest BCUT2D eigenvalue weighted by Gasteiger charge is -2.32. The summed E-state index contributed by atoms with van der Waals surface area (Å²) >= 11 is 0. The summed E-state index contributed by atoms with van der Waals surface area (Å²) in [5, 5.41) is 4.06. The van der Waals surface area contributed by atoms with Crippen molar-refractivity contribution in [1.29, 1.82) is 0 Å². The van der Waals surface area contributed by atoms with Crippen LogP contribution in [0.15, 0.2) is 33.7 Å². The van der Waals surface area contributed by atoms with Gasteiger partial charge in [0.05, 0.1) is 10.4 Å². The lowest BCUT2D eigenvalue weighted by Crippen LogP contribution is -2.41. The molecule has 0 bridgehead atoms. The molecular weight excluding hydrogens is 400 g/mol. The highest BCUT2D eigenvalue weighted by Gasteiger charge is 2.36. The van der Waals surface area contributed by atoms with Crippen LogP contribution in [0.5, 0.6) is 0 Å². The van der Waals surface area contributed by atoms with Gasteiger partial charge in [-0.05, 0) is 56.9 Å². The van der Waals surface area contributed by atoms with Crippen LogP contribution in [0.1, 0.15) is 57.7 Å². The van der Waals surface area contributed by atoms with Crippen LogP contribution in [-0.2, 0) is 15.6 Å². The molecule has 1 unspecified atom stereocenters. The highest BCUT2D eigenvalue weighted by atomic mass is 35.5. The minimum Gasteiger partial charge on any atom is -0.334 e. The van der Waals surface area contributed by atoms with Crippen LogP contribution in [0.4, 0.5) is 0 Å². The smallest absolute Gasteiger partial charge is 0.257 e. The topological polar surface area (TPSA) is 102 Å². The van der Waals surface area contributed by atoms with Crippen molar-refractivity contribution in [3.63, 3.8) is 0 Å². The molecule has 2 aliphatic rings. The second-order valence-corrected chi connectivity index (χ2v) is 9.66. The van der Waals surface area contributed by atoms with Crippen molar-refractivity contribution in [2.24, 2.45) is 5.73 Å². The Morgan fingerprint density at radius 1 is 1.14 bits per heavy atom. The summed E-state index contributed by atoms with van der Waals surface area (Å²) in [5.41, 5.74) is 6.57. The number of halogens is 1. The summed E-state index contributed by atoms with van der Waals surface area (Å²) < 4.78 is 32.8. The molecule has 1 aliphatic heterocycles. The zero-order valence-corrected chi connectivity index (χ0v) is 17.6. The number of aromatic nitrogens is 2. The van der Waals surface area contributed by atoms with Crippen molar-refractivity contribution in [2.45, 2.75) is 68.3 Å². The van der Waals surface area contributed by atoms with Crippen molar-refractivity contribution in [3.05, 3.63) is 30.1 Å². The lowest BCUT2D eigenvalue weighted by atomic mass is 9.99. The number of hydrogen-bond acceptors (Lipinski definition) is 6. The number of nitrogens with zero attached hydrogens (tertiary/aromatic N) is 3. The second-order valence-electron chi connectivity index (χ2n) is 7.77. The van der Waals surface area contributed by atoms with Crippen LogP contribution in [0.3, 0.4) is 0 Å². The predicted molar refractivity (Wildman–Crippen MR) is 109 cm³/mol. The molecule has 2 heterocycles. The van der Waals surface area contributed by atoms with Gasteiger partial charge < -0.3 is 10.3 Å². The van der Waals surface area contributed by atoms with Crippen molar-refractivity contribution >= 4 is 22.4 Å². The van der Waals surface area contributed by atoms with E-state index in [4.69, 9.17) is 10.3 Å². The Kier molecular flexibility index (Phi) is 6.14. The Balaban J connectivity index is 0.00000225. The molecule has 28 heavy (non-hydrogen) atoms. The van der Waals surface area contributed by atoms with E-state index >= 15 is 0 Å². The Morgan fingerprint density at radius 3 is 2.46 bits per heavy atom. The average molecular weight is 427 g/mol. The number of piperidine rings is 1. The summed E-state index contributed by atoms with van der Waals surface area (Å²) in [6.07, 6.45) is 6.75. The fourth-order valence-electron chi connectivity index (χ4n) is 4.11. The largest absolute Gasteiger partial charge is 0.334 e. The molecule has 1 saturated heterocycles. The van der Waals surface area contributed by atoms with Crippen molar-refractivity contribution in [2.75, 3.05) is 6.54 Å². The van der Waals surface area contributed by atoms with E-state index in [0.29, 0.717) is 28.7 Å². The molecular formula is C19H27ClN4O3S. The first-order valence-corrected chi connectivity index (χ1v) is 11.1. The third-order valence-electron chi connectivity index (χ3n) is 5.82. The number of rotatable bonds is 4. The molecule has 1 aromatic carbocycles. The average Bonchev–Trinajstić information content (AvgIpc) is 3.32. The molecule has 154 valence electrons. The molecule has 0 amide bonds. The third-order valence-corrected chi connectivity index (χ3v) is 7.84. The van der Waals surface area contributed by atoms with E-state index in [-0.39, 0.29) is 18.4 Å². The Bertz CT molecular complexity index is 908. The van der Waals surface area contributed by atoms with E-state index < -0.39 is 15.6 Å². The van der Waals surface area contributed by atoms with Crippen LogP contribution < -0.4 is 5.73 Å². The first-order valence-electron chi connectivity index (χ1n) is 9.65. The summed E-state index contributed by atoms with van der Waals surface area (Å²) in [5.74, 6) is 0.908. The van der Waals surface area contributed by atoms with Gasteiger partial charge in [-0.25, -0.2) is 8.42 Å². The van der Waals surface area contributed by atoms with Gasteiger partial charge in [0, 0.05) is 18.2 Å². The van der Waals surface area contributed by atoms with Gasteiger partial charge in [0.2, 0.25) is 10.0 Å². The van der Waals surface area contributed by atoms with Crippen LogP contribution >= 0.6 is 12.4 Å². The van der Waals surface area contributed by atoms with Gasteiger partial charge in [-0.15, -0.1) is 12.4 Å². The maximum Gasteiger partial charge on any atom is 0.257 e. The van der Waals surface area contributed by atoms with Gasteiger partial charge in [0.15, 0.2) is 5.82 Å². The number of benzene rings is 1. The van der Waals surface area contributed by atoms with E-state index in [1.165, 1.54) is 0 Å². The molecule has 9 heteroatoms. The lowest BCUT2D eigenvalue weighted by molar-refractivity contribution is 0.268. The van der Waals surface area contributed by atoms with Gasteiger partial charge in [-0.1, -0.05) is 24.4 Å². The third kappa shape index (κ3) is 3.83. The summed E-state index contributed by atoms with van der Waals surface area (Å²) in [6.45, 7) is 2.55. The van der Waals surface area contributed by atoms with Crippen molar-refractivity contribution in [3.8, 4) is 11.5 Å². The molecule has 0 spiro atoms. The van der Waals surface area contributed by atoms with Gasteiger partial charge in [-0.3, -0.25) is 0 Å². The quantitative estimate of drug-likeness (QED) is 0.803. The van der Waals surface area contributed by atoms with Gasteiger partial charge >= 0.3 is 0 Å².